The first-order chi connectivity index (χ1) is 7.93. The van der Waals surface area contributed by atoms with Gasteiger partial charge in [0.05, 0.1) is 0 Å². The second-order valence-electron chi connectivity index (χ2n) is 5.30. The lowest BCUT2D eigenvalue weighted by Gasteiger charge is -2.11. The molecule has 0 fully saturated rings. The van der Waals surface area contributed by atoms with Gasteiger partial charge >= 0.3 is 0 Å². The van der Waals surface area contributed by atoms with Gasteiger partial charge in [0.2, 0.25) is 0 Å². The highest BCUT2D eigenvalue weighted by atomic mass is 14.3. The molecule has 0 nitrogen and oxygen atoms in total. The topological polar surface area (TPSA) is 0 Å². The highest BCUT2D eigenvalue weighted by Gasteiger charge is 2.27. The second kappa shape index (κ2) is 3.10. The molecule has 0 spiro atoms. The number of hydrogen-bond donors (Lipinski definition) is 0. The summed E-state index contributed by atoms with van der Waals surface area (Å²) in [6, 6.07) is 11.5. The van der Waals surface area contributed by atoms with Gasteiger partial charge in [-0.25, -0.2) is 0 Å². The highest BCUT2D eigenvalue weighted by molar-refractivity contribution is 5.92. The number of hydrogen-bond acceptors (Lipinski definition) is 0. The highest BCUT2D eigenvalue weighted by Crippen LogP contribution is 2.44. The molecule has 2 aromatic rings. The Morgan fingerprint density at radius 3 is 2.94 bits per heavy atom. The van der Waals surface area contributed by atoms with Crippen molar-refractivity contribution in [2.45, 2.75) is 38.0 Å². The van der Waals surface area contributed by atoms with Crippen LogP contribution in [-0.2, 0) is 12.8 Å². The van der Waals surface area contributed by atoms with Crippen molar-refractivity contribution in [3.63, 3.8) is 0 Å². The van der Waals surface area contributed by atoms with E-state index in [0.29, 0.717) is 0 Å². The van der Waals surface area contributed by atoms with Gasteiger partial charge in [-0.2, -0.15) is 0 Å². The SMILES string of the molecule is c1cc2c3c4c(ccc3c1)CCCCC4C2. The summed E-state index contributed by atoms with van der Waals surface area (Å²) in [4.78, 5) is 0. The third-order valence-electron chi connectivity index (χ3n) is 4.39. The van der Waals surface area contributed by atoms with Crippen LogP contribution in [-0.4, -0.2) is 0 Å². The first-order valence-corrected chi connectivity index (χ1v) is 6.47. The van der Waals surface area contributed by atoms with E-state index in [2.05, 4.69) is 30.3 Å². The minimum atomic E-state index is 0.832. The van der Waals surface area contributed by atoms with E-state index in [0.717, 1.165) is 5.92 Å². The fourth-order valence-corrected chi connectivity index (χ4v) is 3.70. The summed E-state index contributed by atoms with van der Waals surface area (Å²) in [6.07, 6.45) is 6.80. The summed E-state index contributed by atoms with van der Waals surface area (Å²) in [7, 11) is 0. The Hall–Kier alpha value is -1.30. The maximum atomic E-state index is 2.38. The van der Waals surface area contributed by atoms with Gasteiger partial charge in [0.15, 0.2) is 0 Å². The van der Waals surface area contributed by atoms with Crippen LogP contribution in [0.4, 0.5) is 0 Å². The maximum Gasteiger partial charge on any atom is -0.0112 e. The van der Waals surface area contributed by atoms with E-state index in [1.165, 1.54) is 37.5 Å². The Morgan fingerprint density at radius 2 is 1.94 bits per heavy atom. The molecule has 4 rings (SSSR count). The van der Waals surface area contributed by atoms with Crippen molar-refractivity contribution in [1.82, 2.24) is 0 Å². The molecule has 0 aliphatic heterocycles. The van der Waals surface area contributed by atoms with E-state index < -0.39 is 0 Å². The van der Waals surface area contributed by atoms with Gasteiger partial charge in [0.25, 0.3) is 0 Å². The van der Waals surface area contributed by atoms with Crippen LogP contribution in [0.1, 0.15) is 41.9 Å². The van der Waals surface area contributed by atoms with E-state index in [4.69, 9.17) is 0 Å². The van der Waals surface area contributed by atoms with Crippen LogP contribution in [0.15, 0.2) is 30.3 Å². The molecule has 0 saturated heterocycles. The molecule has 0 saturated carbocycles. The molecule has 0 bridgehead atoms. The Kier molecular flexibility index (Phi) is 1.71. The summed E-state index contributed by atoms with van der Waals surface area (Å²) >= 11 is 0. The van der Waals surface area contributed by atoms with Crippen molar-refractivity contribution in [3.05, 3.63) is 47.0 Å². The van der Waals surface area contributed by atoms with Crippen LogP contribution in [0.2, 0.25) is 0 Å². The lowest BCUT2D eigenvalue weighted by molar-refractivity contribution is 0.607. The Balaban J connectivity index is 2.13. The molecular formula is C16H16. The van der Waals surface area contributed by atoms with Crippen molar-refractivity contribution in [2.24, 2.45) is 0 Å². The molecule has 80 valence electrons. The van der Waals surface area contributed by atoms with E-state index in [-0.39, 0.29) is 0 Å². The number of aryl methyl sites for hydroxylation is 1. The summed E-state index contributed by atoms with van der Waals surface area (Å²) in [5.41, 5.74) is 4.95. The molecule has 1 unspecified atom stereocenters. The summed E-state index contributed by atoms with van der Waals surface area (Å²) in [5.74, 6) is 0.832. The third kappa shape index (κ3) is 1.05. The van der Waals surface area contributed by atoms with Crippen molar-refractivity contribution < 1.29 is 0 Å². The lowest BCUT2D eigenvalue weighted by Crippen LogP contribution is -1.96. The fourth-order valence-electron chi connectivity index (χ4n) is 3.70. The molecule has 0 aromatic heterocycles. The number of benzene rings is 2. The third-order valence-corrected chi connectivity index (χ3v) is 4.39. The average Bonchev–Trinajstić information content (AvgIpc) is 2.56. The first kappa shape index (κ1) is 8.81. The lowest BCUT2D eigenvalue weighted by atomic mass is 9.93. The van der Waals surface area contributed by atoms with Crippen molar-refractivity contribution in [3.8, 4) is 0 Å². The van der Waals surface area contributed by atoms with Crippen LogP contribution in [0.5, 0.6) is 0 Å². The summed E-state index contributed by atoms with van der Waals surface area (Å²) in [6.45, 7) is 0. The summed E-state index contributed by atoms with van der Waals surface area (Å²) in [5, 5.41) is 3.06. The Morgan fingerprint density at radius 1 is 0.938 bits per heavy atom. The largest absolute Gasteiger partial charge is 0.0614 e. The zero-order chi connectivity index (χ0) is 10.5. The van der Waals surface area contributed by atoms with Gasteiger partial charge < -0.3 is 0 Å². The van der Waals surface area contributed by atoms with Crippen LogP contribution >= 0.6 is 0 Å². The van der Waals surface area contributed by atoms with Gasteiger partial charge in [-0.05, 0) is 59.1 Å². The van der Waals surface area contributed by atoms with E-state index in [1.54, 1.807) is 22.1 Å². The second-order valence-corrected chi connectivity index (χ2v) is 5.30. The Bertz CT molecular complexity index is 566. The van der Waals surface area contributed by atoms with E-state index in [9.17, 15) is 0 Å². The van der Waals surface area contributed by atoms with Crippen molar-refractivity contribution in [1.29, 1.82) is 0 Å². The monoisotopic (exact) mass is 208 g/mol. The fraction of sp³-hybridized carbons (Fsp3) is 0.375. The zero-order valence-electron chi connectivity index (χ0n) is 9.50. The minimum absolute atomic E-state index is 0.832. The molecule has 0 N–H and O–H groups in total. The van der Waals surface area contributed by atoms with Gasteiger partial charge in [-0.1, -0.05) is 36.8 Å². The van der Waals surface area contributed by atoms with E-state index >= 15 is 0 Å². The molecule has 0 amide bonds. The minimum Gasteiger partial charge on any atom is -0.0614 e. The molecule has 0 heteroatoms. The molecule has 1 atom stereocenters. The first-order valence-electron chi connectivity index (χ1n) is 6.47. The predicted octanol–water partition coefficient (Wildman–Crippen LogP) is 4.21. The van der Waals surface area contributed by atoms with Crippen LogP contribution in [0.3, 0.4) is 0 Å². The predicted molar refractivity (Wildman–Crippen MR) is 67.9 cm³/mol. The molecule has 0 heterocycles. The van der Waals surface area contributed by atoms with Crippen molar-refractivity contribution in [2.75, 3.05) is 0 Å². The smallest absolute Gasteiger partial charge is 0.0112 e. The molecule has 2 aromatic carbocycles. The normalized spacial score (nSPS) is 22.4. The van der Waals surface area contributed by atoms with Crippen LogP contribution in [0, 0.1) is 0 Å². The van der Waals surface area contributed by atoms with Crippen LogP contribution < -0.4 is 0 Å². The van der Waals surface area contributed by atoms with Crippen LogP contribution in [0.25, 0.3) is 10.8 Å². The van der Waals surface area contributed by atoms with Gasteiger partial charge in [0.1, 0.15) is 0 Å². The summed E-state index contributed by atoms with van der Waals surface area (Å²) < 4.78 is 0. The quantitative estimate of drug-likeness (QED) is 0.608. The van der Waals surface area contributed by atoms with Crippen molar-refractivity contribution >= 4 is 10.8 Å². The van der Waals surface area contributed by atoms with Gasteiger partial charge in [-0.3, -0.25) is 0 Å². The average molecular weight is 208 g/mol. The molecule has 2 aliphatic rings. The van der Waals surface area contributed by atoms with E-state index in [1.807, 2.05) is 0 Å². The molecule has 16 heavy (non-hydrogen) atoms. The molecule has 0 radical (unpaired) electrons. The molecule has 2 aliphatic carbocycles. The zero-order valence-corrected chi connectivity index (χ0v) is 9.50. The van der Waals surface area contributed by atoms with Gasteiger partial charge in [-0.15, -0.1) is 0 Å². The standard InChI is InChI=1S/C16H16/c1-2-5-13-10-14-7-3-6-12-9-8-11(4-1)15(13)16(12)14/h3,6-9,13H,1-2,4-5,10H2. The van der Waals surface area contributed by atoms with Gasteiger partial charge in [0, 0.05) is 0 Å². The maximum absolute atomic E-state index is 2.38. The Labute approximate surface area is 96.3 Å². The molecular weight excluding hydrogens is 192 g/mol. The number of rotatable bonds is 0.